The molecule has 2 aliphatic carbocycles. The Bertz CT molecular complexity index is 4190. The van der Waals surface area contributed by atoms with Crippen LogP contribution in [-0.4, -0.2) is 217 Å². The van der Waals surface area contributed by atoms with Crippen LogP contribution in [0.2, 0.25) is 0 Å². The van der Waals surface area contributed by atoms with E-state index in [4.69, 9.17) is 82.3 Å². The molecule has 27 nitrogen and oxygen atoms in total. The normalized spacial score (nSPS) is 25.8. The number of ether oxygens (including phenoxy) is 17. The number of rotatable bonds is 47. The predicted octanol–water partition coefficient (Wildman–Crippen LogP) is 13.0. The number of carbonyl (C=O) groups excluding carboxylic acids is 7. The summed E-state index contributed by atoms with van der Waals surface area (Å²) < 4.78 is 111. The molecular weight excluding hydrogens is 1560 g/mol. The quantitative estimate of drug-likeness (QED) is 0.0136. The Hall–Kier alpha value is -8.35. The summed E-state index contributed by atoms with van der Waals surface area (Å²) in [5.74, 6) is -1.52. The Morgan fingerprint density at radius 3 is 2.02 bits per heavy atom. The van der Waals surface area contributed by atoms with E-state index in [1.807, 2.05) is 32.9 Å². The highest BCUT2D eigenvalue weighted by atomic mass is 16.7. The number of aryl methyl sites for hydroxylation is 1. The van der Waals surface area contributed by atoms with E-state index in [1.165, 1.54) is 26.4 Å². The van der Waals surface area contributed by atoms with Crippen LogP contribution >= 0.6 is 0 Å². The van der Waals surface area contributed by atoms with Crippen molar-refractivity contribution >= 4 is 41.3 Å². The van der Waals surface area contributed by atoms with E-state index in [0.717, 1.165) is 36.8 Å². The molecule has 4 aromatic rings. The second kappa shape index (κ2) is 46.4. The summed E-state index contributed by atoms with van der Waals surface area (Å²) in [6.45, 7) is 29.8. The van der Waals surface area contributed by atoms with Gasteiger partial charge in [-0.3, -0.25) is 28.8 Å². The van der Waals surface area contributed by atoms with E-state index in [-0.39, 0.29) is 203 Å². The molecule has 17 atom stereocenters. The number of esters is 3. The van der Waals surface area contributed by atoms with Gasteiger partial charge in [0.2, 0.25) is 13.6 Å². The largest absolute Gasteiger partial charge is 0.493 e. The van der Waals surface area contributed by atoms with Crippen LogP contribution in [0.4, 0.5) is 0 Å². The molecule has 27 heteroatoms. The molecule has 0 aromatic heterocycles. The molecule has 12 unspecified atom stereocenters. The summed E-state index contributed by atoms with van der Waals surface area (Å²) in [4.78, 5) is 101. The van der Waals surface area contributed by atoms with Crippen LogP contribution in [0.15, 0.2) is 85.0 Å². The van der Waals surface area contributed by atoms with Gasteiger partial charge < -0.3 is 95.9 Å². The van der Waals surface area contributed by atoms with Crippen LogP contribution in [0.1, 0.15) is 185 Å². The van der Waals surface area contributed by atoms with E-state index < -0.39 is 67.0 Å². The number of carbonyl (C=O) groups is 7. The minimum atomic E-state index is -0.904. The molecular formula is C94H130N2O25. The van der Waals surface area contributed by atoms with Crippen LogP contribution in [0, 0.1) is 66.1 Å². The topological polar surface area (TPSA) is 312 Å². The standard InChI is InChI=1S/C94H130N2O25/c1-16-18-25-109-26-23-95-91(103)79-41-66(38-70-42-75-60(8)58(6)62(10)117-93(75)121-90(70)79)53-116-85(99)45-69-43-81(57(5)36-78(69)92(104)96-49-56(4)34-71(96)50-97)114-51-64-37-65(40-73(39-64)113-32-31-111-28-27-110-29-30-112-54-87(101)107-14)52-115-84-44-68(77(48-83(84)106-13)88(102)76-35-55(3)33-67(76)17-2)46-86(100)119-72-21-22-74(80(98)20-19-24-105-12)82(47-72)120-94-89(108-15)61(9)59(7)63(11)118-94/h21-22,36-37,39-40,43-44,47-48,58-63,66-67,70-71,75-76,79,89-90,93-94,97H,3-4,16-20,23-35,38,41-42,45-46,49-54H2,1-2,5-15H3,(H,95,103)/t58-,59?,60?,61-,62?,63+,66?,67+,70?,71?,75?,76?,79?,89?,90?,93?,94-/m0/s1/i97T. The summed E-state index contributed by atoms with van der Waals surface area (Å²) in [5, 5.41) is 7.97. The fourth-order valence-electron chi connectivity index (χ4n) is 17.7. The molecule has 6 fully saturated rings. The first-order chi connectivity index (χ1) is 58.8. The van der Waals surface area contributed by atoms with Gasteiger partial charge in [-0.1, -0.05) is 78.7 Å². The van der Waals surface area contributed by atoms with Crippen molar-refractivity contribution in [3.63, 3.8) is 0 Å². The molecule has 0 radical (unpaired) electrons. The fraction of sp³-hybridized carbons (Fsp3) is 0.628. The van der Waals surface area contributed by atoms with Crippen molar-refractivity contribution in [3.8, 4) is 34.5 Å². The number of fused-ring (bicyclic) bond motifs is 2. The molecule has 2 saturated carbocycles. The van der Waals surface area contributed by atoms with Gasteiger partial charge >= 0.3 is 17.9 Å². The van der Waals surface area contributed by atoms with Crippen LogP contribution in [-0.2, 0) is 97.3 Å². The number of unbranched alkanes of at least 4 members (excludes halogenated alkanes) is 1. The number of amides is 2. The average Bonchev–Trinajstić information content (AvgIpc) is 1.19. The highest BCUT2D eigenvalue weighted by molar-refractivity contribution is 6.02. The van der Waals surface area contributed by atoms with Gasteiger partial charge in [0, 0.05) is 76.0 Å². The van der Waals surface area contributed by atoms with Crippen LogP contribution in [0.3, 0.4) is 0 Å². The maximum atomic E-state index is 15.1. The first-order valence-corrected chi connectivity index (χ1v) is 43.2. The maximum Gasteiger partial charge on any atom is 0.331 e. The molecule has 4 saturated heterocycles. The second-order valence-electron chi connectivity index (χ2n) is 33.5. The summed E-state index contributed by atoms with van der Waals surface area (Å²) in [6, 6.07) is 16.2. The zero-order valence-electron chi connectivity index (χ0n) is 74.2. The van der Waals surface area contributed by atoms with Crippen LogP contribution < -0.4 is 33.7 Å². The lowest BCUT2D eigenvalue weighted by Crippen LogP contribution is -2.57. The van der Waals surface area contributed by atoms with Crippen molar-refractivity contribution in [3.05, 3.63) is 129 Å². The molecule has 0 bridgehead atoms. The number of likely N-dealkylation sites (tertiary alicyclic amines) is 1. The smallest absolute Gasteiger partial charge is 0.331 e. The Balaban J connectivity index is 0.915. The Kier molecular flexibility index (Phi) is 35.8. The first-order valence-electron chi connectivity index (χ1n) is 43.6. The first kappa shape index (κ1) is 93.3. The molecule has 2 amide bonds. The number of allylic oxidation sites excluding steroid dienone is 1. The minimum absolute atomic E-state index is 0.000851. The number of methoxy groups -OCH3 is 4. The Labute approximate surface area is 714 Å². The third kappa shape index (κ3) is 25.7. The Morgan fingerprint density at radius 2 is 1.31 bits per heavy atom. The third-order valence-corrected chi connectivity index (χ3v) is 25.1. The summed E-state index contributed by atoms with van der Waals surface area (Å²) in [5.41, 5.74) is 4.96. The Morgan fingerprint density at radius 1 is 0.620 bits per heavy atom. The zero-order chi connectivity index (χ0) is 87.7. The average molecular weight is 1690 g/mol. The van der Waals surface area contributed by atoms with Gasteiger partial charge in [0.1, 0.15) is 55.5 Å². The van der Waals surface area contributed by atoms with Crippen molar-refractivity contribution < 1.29 is 119 Å². The number of hydrogen-bond acceptors (Lipinski definition) is 25. The van der Waals surface area contributed by atoms with E-state index in [2.05, 4.69) is 64.8 Å². The van der Waals surface area contributed by atoms with Crippen molar-refractivity contribution in [2.45, 2.75) is 202 Å². The van der Waals surface area contributed by atoms with E-state index >= 15 is 4.79 Å². The van der Waals surface area contributed by atoms with Crippen molar-refractivity contribution in [1.82, 2.24) is 10.2 Å². The number of aliphatic hydroxyl groups is 1. The maximum absolute atomic E-state index is 15.1. The van der Waals surface area contributed by atoms with Crippen LogP contribution in [0.5, 0.6) is 34.5 Å². The number of ketones is 2. The lowest BCUT2D eigenvalue weighted by atomic mass is 9.65. The van der Waals surface area contributed by atoms with Crippen molar-refractivity contribution in [1.29, 1.82) is 1.43 Å². The lowest BCUT2D eigenvalue weighted by molar-refractivity contribution is -0.306. The SMILES string of the molecule is [3H]OCC1CC(=C)CN1C(=O)c1cc(C)c(OCc2cc(COc3cc(CC(=O)Oc4ccc(C(=O)CCCOC)c(O[C@@H]5O[C@H](C)C(C)[C@H](C)C5OC)c4)c(C(=O)C4CC(=C)C[C@H]4CC)cc3OC)cc(OCCOCCOCCOCC(=O)OC)c2)cc1CC(=O)OCC1CC2CC3C(OC2C(C(=O)NCCOCCCC)C1)OC(C)[C@@H](C)C3C. The molecule has 4 aromatic carbocycles. The van der Waals surface area contributed by atoms with Gasteiger partial charge in [-0.2, -0.15) is 0 Å². The number of Topliss-reactive ketones (excluding diaryl/α,β-unsaturated/α-hetero) is 2. The van der Waals surface area contributed by atoms with E-state index in [1.54, 1.807) is 55.5 Å². The highest BCUT2D eigenvalue weighted by Crippen LogP contribution is 2.50. The summed E-state index contributed by atoms with van der Waals surface area (Å²) in [6.07, 6.45) is 3.60. The zero-order valence-corrected chi connectivity index (χ0v) is 73.2. The monoisotopic (exact) mass is 1690 g/mol. The molecule has 10 rings (SSSR count). The molecule has 2 N–H and O–H groups in total. The molecule has 0 spiro atoms. The van der Waals surface area contributed by atoms with E-state index in [9.17, 15) is 28.8 Å². The highest BCUT2D eigenvalue weighted by Gasteiger charge is 2.53. The van der Waals surface area contributed by atoms with Gasteiger partial charge in [-0.15, -0.1) is 0 Å². The van der Waals surface area contributed by atoms with E-state index in [0.29, 0.717) is 116 Å². The molecule has 4 heterocycles. The van der Waals surface area contributed by atoms with Crippen LogP contribution in [0.25, 0.3) is 0 Å². The molecule has 4 aliphatic heterocycles. The molecule has 121 heavy (non-hydrogen) atoms. The number of nitrogens with one attached hydrogen (secondary N) is 1. The van der Waals surface area contributed by atoms with Gasteiger partial charge in [-0.05, 0) is 196 Å². The predicted molar refractivity (Wildman–Crippen MR) is 449 cm³/mol. The fourth-order valence-corrected chi connectivity index (χ4v) is 17.7. The number of hydrogen-bond donors (Lipinski definition) is 2. The molecule has 6 aliphatic rings. The second-order valence-corrected chi connectivity index (χ2v) is 33.5. The van der Waals surface area contributed by atoms with Gasteiger partial charge in [0.15, 0.2) is 29.4 Å². The van der Waals surface area contributed by atoms with Crippen molar-refractivity contribution in [2.75, 3.05) is 121 Å². The van der Waals surface area contributed by atoms with Gasteiger partial charge in [-0.25, -0.2) is 4.79 Å². The summed E-state index contributed by atoms with van der Waals surface area (Å²) in [7, 11) is 5.91. The lowest BCUT2D eigenvalue weighted by Gasteiger charge is -2.53. The minimum Gasteiger partial charge on any atom is -0.493 e. The van der Waals surface area contributed by atoms with Crippen molar-refractivity contribution in [2.24, 2.45) is 59.2 Å². The number of nitrogens with zero attached hydrogens (tertiary/aromatic N) is 1. The molecule has 666 valence electrons. The number of aliphatic hydroxyl groups excluding tert-OH is 1. The van der Waals surface area contributed by atoms with Gasteiger partial charge in [0.25, 0.3) is 5.91 Å². The number of benzene rings is 4. The third-order valence-electron chi connectivity index (χ3n) is 25.1. The van der Waals surface area contributed by atoms with Gasteiger partial charge in [0.05, 0.1) is 116 Å². The summed E-state index contributed by atoms with van der Waals surface area (Å²) >= 11 is 0.